The standard InChI is InChI=1S/C14H21NO3/c1-3-11(2)18-10-14(17)15-13(9-16)12-7-5-4-6-8-12/h4-8,11,13,16H,3,9-10H2,1-2H3,(H,15,17)/t11?,13-/m1/s1. The lowest BCUT2D eigenvalue weighted by atomic mass is 10.1. The van der Waals surface area contributed by atoms with Crippen LogP contribution in [0.1, 0.15) is 31.9 Å². The predicted molar refractivity (Wildman–Crippen MR) is 70.1 cm³/mol. The van der Waals surface area contributed by atoms with Crippen LogP contribution in [0, 0.1) is 0 Å². The van der Waals surface area contributed by atoms with Crippen LogP contribution in [-0.4, -0.2) is 30.3 Å². The number of carbonyl (C=O) groups excluding carboxylic acids is 1. The zero-order valence-electron chi connectivity index (χ0n) is 10.9. The third kappa shape index (κ3) is 4.85. The van der Waals surface area contributed by atoms with Gasteiger partial charge in [0.2, 0.25) is 5.91 Å². The molecular formula is C14H21NO3. The number of ether oxygens (including phenoxy) is 1. The van der Waals surface area contributed by atoms with Crippen molar-refractivity contribution in [2.45, 2.75) is 32.4 Å². The molecule has 0 bridgehead atoms. The Morgan fingerprint density at radius 2 is 2.06 bits per heavy atom. The van der Waals surface area contributed by atoms with Gasteiger partial charge in [0, 0.05) is 0 Å². The molecule has 0 aliphatic heterocycles. The molecule has 0 radical (unpaired) electrons. The molecule has 4 heteroatoms. The Bertz CT molecular complexity index is 353. The lowest BCUT2D eigenvalue weighted by Gasteiger charge is -2.17. The van der Waals surface area contributed by atoms with Gasteiger partial charge in [-0.05, 0) is 18.9 Å². The molecule has 0 saturated carbocycles. The minimum atomic E-state index is -0.376. The fourth-order valence-corrected chi connectivity index (χ4v) is 1.49. The Hall–Kier alpha value is -1.39. The van der Waals surface area contributed by atoms with Gasteiger partial charge in [-0.1, -0.05) is 37.3 Å². The summed E-state index contributed by atoms with van der Waals surface area (Å²) in [6.07, 6.45) is 0.940. The summed E-state index contributed by atoms with van der Waals surface area (Å²) in [7, 11) is 0. The smallest absolute Gasteiger partial charge is 0.246 e. The van der Waals surface area contributed by atoms with Gasteiger partial charge in [0.05, 0.1) is 18.8 Å². The third-order valence-electron chi connectivity index (χ3n) is 2.79. The van der Waals surface area contributed by atoms with Crippen molar-refractivity contribution in [2.75, 3.05) is 13.2 Å². The van der Waals surface area contributed by atoms with Crippen LogP contribution in [0.5, 0.6) is 0 Å². The topological polar surface area (TPSA) is 58.6 Å². The molecule has 1 aromatic rings. The first-order valence-corrected chi connectivity index (χ1v) is 6.24. The SMILES string of the molecule is CCC(C)OCC(=O)N[C@H](CO)c1ccccc1. The molecule has 0 heterocycles. The first-order valence-electron chi connectivity index (χ1n) is 6.24. The van der Waals surface area contributed by atoms with E-state index in [-0.39, 0.29) is 31.3 Å². The Balaban J connectivity index is 2.46. The quantitative estimate of drug-likeness (QED) is 0.774. The van der Waals surface area contributed by atoms with Crippen molar-refractivity contribution in [2.24, 2.45) is 0 Å². The molecule has 1 amide bonds. The normalized spacial score (nSPS) is 13.9. The molecule has 0 fully saturated rings. The van der Waals surface area contributed by atoms with Crippen molar-refractivity contribution in [1.29, 1.82) is 0 Å². The lowest BCUT2D eigenvalue weighted by Crippen LogP contribution is -2.34. The summed E-state index contributed by atoms with van der Waals surface area (Å²) < 4.78 is 5.34. The summed E-state index contributed by atoms with van der Waals surface area (Å²) in [6.45, 7) is 3.83. The number of nitrogens with one attached hydrogen (secondary N) is 1. The van der Waals surface area contributed by atoms with Crippen LogP contribution in [-0.2, 0) is 9.53 Å². The molecule has 0 aliphatic rings. The van der Waals surface area contributed by atoms with E-state index in [1.165, 1.54) is 0 Å². The van der Waals surface area contributed by atoms with Gasteiger partial charge in [-0.3, -0.25) is 4.79 Å². The molecule has 2 atom stereocenters. The third-order valence-corrected chi connectivity index (χ3v) is 2.79. The highest BCUT2D eigenvalue weighted by Gasteiger charge is 2.13. The molecule has 1 rings (SSSR count). The molecule has 0 aliphatic carbocycles. The van der Waals surface area contributed by atoms with Gasteiger partial charge >= 0.3 is 0 Å². The minimum Gasteiger partial charge on any atom is -0.394 e. The van der Waals surface area contributed by atoms with E-state index in [0.717, 1.165) is 12.0 Å². The lowest BCUT2D eigenvalue weighted by molar-refractivity contribution is -0.128. The van der Waals surface area contributed by atoms with Gasteiger partial charge in [0.1, 0.15) is 6.61 Å². The van der Waals surface area contributed by atoms with E-state index < -0.39 is 0 Å². The number of benzene rings is 1. The van der Waals surface area contributed by atoms with E-state index in [1.54, 1.807) is 0 Å². The zero-order chi connectivity index (χ0) is 13.4. The number of hydrogen-bond acceptors (Lipinski definition) is 3. The van der Waals surface area contributed by atoms with Crippen LogP contribution in [0.4, 0.5) is 0 Å². The van der Waals surface area contributed by atoms with Gasteiger partial charge in [0.25, 0.3) is 0 Å². The van der Waals surface area contributed by atoms with Gasteiger partial charge in [0.15, 0.2) is 0 Å². The first kappa shape index (κ1) is 14.7. The van der Waals surface area contributed by atoms with Crippen LogP contribution >= 0.6 is 0 Å². The number of rotatable bonds is 7. The summed E-state index contributed by atoms with van der Waals surface area (Å²) in [6, 6.07) is 9.01. The summed E-state index contributed by atoms with van der Waals surface area (Å²) in [5.74, 6) is -0.210. The fraction of sp³-hybridized carbons (Fsp3) is 0.500. The van der Waals surface area contributed by atoms with E-state index in [1.807, 2.05) is 44.2 Å². The molecule has 0 aromatic heterocycles. The van der Waals surface area contributed by atoms with Crippen LogP contribution in [0.2, 0.25) is 0 Å². The fourth-order valence-electron chi connectivity index (χ4n) is 1.49. The Morgan fingerprint density at radius 1 is 1.39 bits per heavy atom. The van der Waals surface area contributed by atoms with E-state index in [0.29, 0.717) is 0 Å². The number of carbonyl (C=O) groups is 1. The van der Waals surface area contributed by atoms with Gasteiger partial charge in [-0.15, -0.1) is 0 Å². The first-order chi connectivity index (χ1) is 8.67. The number of aliphatic hydroxyl groups is 1. The molecule has 2 N–H and O–H groups in total. The second-order valence-electron chi connectivity index (χ2n) is 4.24. The monoisotopic (exact) mass is 251 g/mol. The molecule has 18 heavy (non-hydrogen) atoms. The molecule has 1 unspecified atom stereocenters. The van der Waals surface area contributed by atoms with Crippen molar-refractivity contribution in [3.05, 3.63) is 35.9 Å². The van der Waals surface area contributed by atoms with E-state index in [9.17, 15) is 9.90 Å². The van der Waals surface area contributed by atoms with Crippen molar-refractivity contribution in [3.63, 3.8) is 0 Å². The predicted octanol–water partition coefficient (Wildman–Crippen LogP) is 1.65. The van der Waals surface area contributed by atoms with E-state index in [4.69, 9.17) is 4.74 Å². The highest BCUT2D eigenvalue weighted by atomic mass is 16.5. The maximum atomic E-state index is 11.7. The maximum Gasteiger partial charge on any atom is 0.246 e. The highest BCUT2D eigenvalue weighted by molar-refractivity contribution is 5.77. The second kappa shape index (κ2) is 7.84. The summed E-state index contributed by atoms with van der Waals surface area (Å²) in [4.78, 5) is 11.7. The summed E-state index contributed by atoms with van der Waals surface area (Å²) in [5.41, 5.74) is 0.886. The van der Waals surface area contributed by atoms with Crippen LogP contribution in [0.25, 0.3) is 0 Å². The maximum absolute atomic E-state index is 11.7. The summed E-state index contributed by atoms with van der Waals surface area (Å²) in [5, 5.41) is 12.0. The van der Waals surface area contributed by atoms with Crippen LogP contribution < -0.4 is 5.32 Å². The average Bonchev–Trinajstić information content (AvgIpc) is 2.43. The van der Waals surface area contributed by atoms with Crippen molar-refractivity contribution in [3.8, 4) is 0 Å². The van der Waals surface area contributed by atoms with Gasteiger partial charge < -0.3 is 15.2 Å². The Kier molecular flexibility index (Phi) is 6.39. The van der Waals surface area contributed by atoms with Crippen molar-refractivity contribution >= 4 is 5.91 Å². The molecule has 0 saturated heterocycles. The molecule has 4 nitrogen and oxygen atoms in total. The molecule has 1 aromatic carbocycles. The largest absolute Gasteiger partial charge is 0.394 e. The number of hydrogen-bond donors (Lipinski definition) is 2. The average molecular weight is 251 g/mol. The number of aliphatic hydroxyl groups excluding tert-OH is 1. The van der Waals surface area contributed by atoms with Crippen molar-refractivity contribution < 1.29 is 14.6 Å². The minimum absolute atomic E-state index is 0.0261. The summed E-state index contributed by atoms with van der Waals surface area (Å²) >= 11 is 0. The second-order valence-corrected chi connectivity index (χ2v) is 4.24. The van der Waals surface area contributed by atoms with Gasteiger partial charge in [-0.2, -0.15) is 0 Å². The Labute approximate surface area is 108 Å². The van der Waals surface area contributed by atoms with Crippen LogP contribution in [0.15, 0.2) is 30.3 Å². The van der Waals surface area contributed by atoms with Crippen molar-refractivity contribution in [1.82, 2.24) is 5.32 Å². The molecule has 100 valence electrons. The van der Waals surface area contributed by atoms with Crippen LogP contribution in [0.3, 0.4) is 0 Å². The highest BCUT2D eigenvalue weighted by Crippen LogP contribution is 2.11. The Morgan fingerprint density at radius 3 is 2.61 bits per heavy atom. The van der Waals surface area contributed by atoms with E-state index >= 15 is 0 Å². The van der Waals surface area contributed by atoms with E-state index in [2.05, 4.69) is 5.32 Å². The number of amides is 1. The molecular weight excluding hydrogens is 230 g/mol. The zero-order valence-corrected chi connectivity index (χ0v) is 10.9. The molecule has 0 spiro atoms. The van der Waals surface area contributed by atoms with Gasteiger partial charge in [-0.25, -0.2) is 0 Å².